The van der Waals surface area contributed by atoms with Crippen molar-refractivity contribution in [3.8, 4) is 5.75 Å². The predicted molar refractivity (Wildman–Crippen MR) is 92.4 cm³/mol. The summed E-state index contributed by atoms with van der Waals surface area (Å²) in [7, 11) is -2.22. The van der Waals surface area contributed by atoms with Crippen LogP contribution in [0.1, 0.15) is 23.2 Å². The van der Waals surface area contributed by atoms with Crippen molar-refractivity contribution in [3.05, 3.63) is 29.8 Å². The summed E-state index contributed by atoms with van der Waals surface area (Å²) in [6.07, 6.45) is 2.14. The van der Waals surface area contributed by atoms with E-state index in [1.54, 1.807) is 31.4 Å². The Labute approximate surface area is 147 Å². The Hall–Kier alpha value is -1.97. The summed E-state index contributed by atoms with van der Waals surface area (Å²) < 4.78 is 28.2. The Morgan fingerprint density at radius 2 is 1.96 bits per heavy atom. The summed E-state index contributed by atoms with van der Waals surface area (Å²) in [5, 5.41) is 0. The summed E-state index contributed by atoms with van der Waals surface area (Å²) in [5.41, 5.74) is 0.561. The first-order valence-electron chi connectivity index (χ1n) is 7.91. The predicted octanol–water partition coefficient (Wildman–Crippen LogP) is 0.252. The number of carbonyl (C=O) groups is 2. The molecule has 9 heteroatoms. The molecule has 0 spiro atoms. The molecular weight excluding hydrogens is 346 g/mol. The molecule has 138 valence electrons. The van der Waals surface area contributed by atoms with Crippen molar-refractivity contribution in [3.63, 3.8) is 0 Å². The lowest BCUT2D eigenvalue weighted by Crippen LogP contribution is -2.50. The molecule has 1 aromatic rings. The van der Waals surface area contributed by atoms with Gasteiger partial charge in [0.1, 0.15) is 5.75 Å². The van der Waals surface area contributed by atoms with Crippen LogP contribution in [0.5, 0.6) is 5.75 Å². The largest absolute Gasteiger partial charge is 0.497 e. The number of Topliss-reactive ketones (excluding diaryl/α,β-unsaturated/α-hetero) is 1. The maximum atomic E-state index is 12.4. The molecule has 25 heavy (non-hydrogen) atoms. The number of likely N-dealkylation sites (tertiary alicyclic amines) is 1. The Morgan fingerprint density at radius 1 is 1.32 bits per heavy atom. The normalized spacial score (nSPS) is 18.6. The third kappa shape index (κ3) is 5.00. The molecule has 0 aliphatic carbocycles. The second kappa shape index (κ2) is 7.94. The SMILES string of the molecule is COc1ccc(C(=O)CN2CCCC(C(=O)N(N)S(C)(=O)=O)C2)cc1. The number of piperidine rings is 1. The van der Waals surface area contributed by atoms with Gasteiger partial charge in [-0.2, -0.15) is 4.41 Å². The zero-order valence-corrected chi connectivity index (χ0v) is 15.2. The van der Waals surface area contributed by atoms with Crippen LogP contribution in [0, 0.1) is 5.92 Å². The van der Waals surface area contributed by atoms with Crippen LogP contribution in [0.4, 0.5) is 0 Å². The van der Waals surface area contributed by atoms with Gasteiger partial charge in [-0.1, -0.05) is 0 Å². The Kier molecular flexibility index (Phi) is 6.15. The molecule has 2 rings (SSSR count). The number of hydrogen-bond acceptors (Lipinski definition) is 7. The van der Waals surface area contributed by atoms with Crippen LogP contribution in [-0.2, 0) is 14.8 Å². The van der Waals surface area contributed by atoms with Gasteiger partial charge in [0.15, 0.2) is 5.78 Å². The highest BCUT2D eigenvalue weighted by molar-refractivity contribution is 7.88. The molecule has 1 amide bonds. The van der Waals surface area contributed by atoms with E-state index in [0.717, 1.165) is 6.26 Å². The van der Waals surface area contributed by atoms with Gasteiger partial charge in [-0.3, -0.25) is 14.5 Å². The topological polar surface area (TPSA) is 110 Å². The fourth-order valence-corrected chi connectivity index (χ4v) is 3.29. The summed E-state index contributed by atoms with van der Waals surface area (Å²) in [6, 6.07) is 6.82. The quantitative estimate of drug-likeness (QED) is 0.331. The molecule has 2 N–H and O–H groups in total. The molecule has 0 aromatic heterocycles. The molecule has 1 aliphatic heterocycles. The monoisotopic (exact) mass is 369 g/mol. The highest BCUT2D eigenvalue weighted by Gasteiger charge is 2.32. The standard InChI is InChI=1S/C16H23N3O5S/c1-24-14-7-5-12(6-8-14)15(20)11-18-9-3-4-13(10-18)16(21)19(17)25(2,22)23/h5-8,13H,3-4,9-11,17H2,1-2H3. The van der Waals surface area contributed by atoms with Crippen LogP contribution in [0.15, 0.2) is 24.3 Å². The molecule has 8 nitrogen and oxygen atoms in total. The Bertz CT molecular complexity index is 733. The van der Waals surface area contributed by atoms with Crippen LogP contribution in [0.3, 0.4) is 0 Å². The lowest BCUT2D eigenvalue weighted by molar-refractivity contribution is -0.132. The van der Waals surface area contributed by atoms with Crippen molar-refractivity contribution in [1.82, 2.24) is 9.31 Å². The molecule has 1 unspecified atom stereocenters. The van der Waals surface area contributed by atoms with Crippen molar-refractivity contribution in [1.29, 1.82) is 0 Å². The van der Waals surface area contributed by atoms with Crippen LogP contribution in [0.2, 0.25) is 0 Å². The van der Waals surface area contributed by atoms with E-state index in [0.29, 0.717) is 41.7 Å². The van der Waals surface area contributed by atoms with Crippen molar-refractivity contribution < 1.29 is 22.7 Å². The maximum absolute atomic E-state index is 12.4. The van der Waals surface area contributed by atoms with Gasteiger partial charge in [0, 0.05) is 12.1 Å². The average molecular weight is 369 g/mol. The maximum Gasteiger partial charge on any atom is 0.254 e. The van der Waals surface area contributed by atoms with E-state index < -0.39 is 21.8 Å². The van der Waals surface area contributed by atoms with Gasteiger partial charge in [0.2, 0.25) is 10.0 Å². The summed E-state index contributed by atoms with van der Waals surface area (Å²) >= 11 is 0. The Balaban J connectivity index is 1.98. The van der Waals surface area contributed by atoms with Gasteiger partial charge < -0.3 is 4.74 Å². The summed E-state index contributed by atoms with van der Waals surface area (Å²) in [5.74, 6) is 4.83. The van der Waals surface area contributed by atoms with Crippen LogP contribution >= 0.6 is 0 Å². The van der Waals surface area contributed by atoms with Crippen molar-refractivity contribution >= 4 is 21.7 Å². The van der Waals surface area contributed by atoms with Crippen molar-refractivity contribution in [2.24, 2.45) is 11.8 Å². The number of rotatable bonds is 6. The molecule has 0 saturated carbocycles. The van der Waals surface area contributed by atoms with E-state index >= 15 is 0 Å². The number of amides is 1. The zero-order valence-electron chi connectivity index (χ0n) is 14.3. The first-order chi connectivity index (χ1) is 11.7. The van der Waals surface area contributed by atoms with Crippen molar-refractivity contribution in [2.75, 3.05) is 33.0 Å². The molecule has 0 bridgehead atoms. The third-order valence-electron chi connectivity index (χ3n) is 4.21. The lowest BCUT2D eigenvalue weighted by atomic mass is 9.97. The molecule has 1 heterocycles. The fourth-order valence-electron chi connectivity index (χ4n) is 2.82. The van der Waals surface area contributed by atoms with E-state index in [1.807, 2.05) is 4.90 Å². The van der Waals surface area contributed by atoms with Gasteiger partial charge in [-0.15, -0.1) is 0 Å². The van der Waals surface area contributed by atoms with Crippen molar-refractivity contribution in [2.45, 2.75) is 12.8 Å². The number of hydrazine groups is 1. The number of methoxy groups -OCH3 is 1. The van der Waals surface area contributed by atoms with Gasteiger partial charge in [0.25, 0.3) is 5.91 Å². The molecule has 1 fully saturated rings. The number of nitrogens with two attached hydrogens (primary N) is 1. The molecule has 1 saturated heterocycles. The molecule has 1 aliphatic rings. The summed E-state index contributed by atoms with van der Waals surface area (Å²) in [6.45, 7) is 1.15. The molecule has 0 radical (unpaired) electrons. The number of ketones is 1. The smallest absolute Gasteiger partial charge is 0.254 e. The summed E-state index contributed by atoms with van der Waals surface area (Å²) in [4.78, 5) is 26.5. The molecular formula is C16H23N3O5S. The number of sulfonamides is 1. The van der Waals surface area contributed by atoms with Gasteiger partial charge in [-0.05, 0) is 43.7 Å². The number of hydrogen-bond donors (Lipinski definition) is 1. The molecule has 1 aromatic carbocycles. The Morgan fingerprint density at radius 3 is 2.52 bits per heavy atom. The second-order valence-corrected chi connectivity index (χ2v) is 7.98. The minimum absolute atomic E-state index is 0.0662. The highest BCUT2D eigenvalue weighted by Crippen LogP contribution is 2.20. The minimum atomic E-state index is -3.78. The highest BCUT2D eigenvalue weighted by atomic mass is 32.2. The minimum Gasteiger partial charge on any atom is -0.497 e. The first kappa shape index (κ1) is 19.4. The second-order valence-electron chi connectivity index (χ2n) is 6.12. The van der Waals surface area contributed by atoms with Crippen LogP contribution < -0.4 is 10.6 Å². The number of benzene rings is 1. The van der Waals surface area contributed by atoms with E-state index in [2.05, 4.69) is 0 Å². The van der Waals surface area contributed by atoms with Crippen LogP contribution in [0.25, 0.3) is 0 Å². The van der Waals surface area contributed by atoms with Gasteiger partial charge in [0.05, 0.1) is 25.8 Å². The number of nitrogens with zero attached hydrogens (tertiary/aromatic N) is 2. The third-order valence-corrected chi connectivity index (χ3v) is 5.10. The lowest BCUT2D eigenvalue weighted by Gasteiger charge is -2.32. The number of carbonyl (C=O) groups excluding carboxylic acids is 2. The van der Waals surface area contributed by atoms with E-state index in [1.165, 1.54) is 0 Å². The zero-order chi connectivity index (χ0) is 18.6. The van der Waals surface area contributed by atoms with Gasteiger partial charge in [-0.25, -0.2) is 14.3 Å². The van der Waals surface area contributed by atoms with E-state index in [4.69, 9.17) is 10.6 Å². The van der Waals surface area contributed by atoms with Gasteiger partial charge >= 0.3 is 0 Å². The fraction of sp³-hybridized carbons (Fsp3) is 0.500. The van der Waals surface area contributed by atoms with E-state index in [-0.39, 0.29) is 12.3 Å². The molecule has 1 atom stereocenters. The average Bonchev–Trinajstić information content (AvgIpc) is 2.60. The number of ether oxygens (including phenoxy) is 1. The first-order valence-corrected chi connectivity index (χ1v) is 9.75. The van der Waals surface area contributed by atoms with E-state index in [9.17, 15) is 18.0 Å². The van der Waals surface area contributed by atoms with Crippen LogP contribution in [-0.4, -0.2) is 62.4 Å².